The number of nitriles is 1. The van der Waals surface area contributed by atoms with Crippen molar-refractivity contribution in [1.29, 1.82) is 5.26 Å². The molecule has 0 aliphatic carbocycles. The molecular formula is C17H14F3N3O. The molecule has 0 fully saturated rings. The third kappa shape index (κ3) is 5.02. The van der Waals surface area contributed by atoms with Crippen LogP contribution < -0.4 is 10.2 Å². The number of hydrogen-bond donors (Lipinski definition) is 1. The van der Waals surface area contributed by atoms with Gasteiger partial charge in [0, 0.05) is 0 Å². The van der Waals surface area contributed by atoms with Crippen LogP contribution >= 0.6 is 0 Å². The number of ether oxygens (including phenoxy) is 1. The Morgan fingerprint density at radius 3 is 2.29 bits per heavy atom. The summed E-state index contributed by atoms with van der Waals surface area (Å²) in [4.78, 5) is 0. The first-order valence-corrected chi connectivity index (χ1v) is 6.98. The second-order valence-electron chi connectivity index (χ2n) is 4.96. The van der Waals surface area contributed by atoms with Gasteiger partial charge in [-0.05, 0) is 55.5 Å². The highest BCUT2D eigenvalue weighted by Crippen LogP contribution is 2.29. The number of alkyl halides is 3. The number of nitrogens with one attached hydrogen (secondary N) is 1. The molecule has 0 radical (unpaired) electrons. The van der Waals surface area contributed by atoms with Gasteiger partial charge in [0.15, 0.2) is 0 Å². The van der Waals surface area contributed by atoms with Gasteiger partial charge in [0.1, 0.15) is 12.4 Å². The van der Waals surface area contributed by atoms with Crippen LogP contribution in [0.25, 0.3) is 0 Å². The van der Waals surface area contributed by atoms with Gasteiger partial charge >= 0.3 is 6.18 Å². The van der Waals surface area contributed by atoms with Gasteiger partial charge in [-0.15, -0.1) is 0 Å². The standard InChI is InChI=1S/C17H14F3N3O/c1-12(11-24-16-8-2-13(10-21)3-9-16)22-23-15-6-4-14(5-7-15)17(18,19)20/h2-9,23H,11H2,1H3/b22-12+. The van der Waals surface area contributed by atoms with Crippen LogP contribution in [0, 0.1) is 11.3 Å². The van der Waals surface area contributed by atoms with Gasteiger partial charge in [-0.2, -0.15) is 23.5 Å². The number of anilines is 1. The minimum atomic E-state index is -4.35. The van der Waals surface area contributed by atoms with E-state index in [1.54, 1.807) is 31.2 Å². The predicted molar refractivity (Wildman–Crippen MR) is 84.8 cm³/mol. The summed E-state index contributed by atoms with van der Waals surface area (Å²) in [6.07, 6.45) is -4.35. The Hall–Kier alpha value is -3.01. The van der Waals surface area contributed by atoms with Crippen LogP contribution in [0.3, 0.4) is 0 Å². The number of hydrogen-bond acceptors (Lipinski definition) is 4. The quantitative estimate of drug-likeness (QED) is 0.650. The molecule has 2 aromatic rings. The summed E-state index contributed by atoms with van der Waals surface area (Å²) in [5.74, 6) is 0.595. The van der Waals surface area contributed by atoms with E-state index >= 15 is 0 Å². The zero-order valence-electron chi connectivity index (χ0n) is 12.8. The molecule has 124 valence electrons. The molecule has 0 saturated carbocycles. The molecule has 0 saturated heterocycles. The summed E-state index contributed by atoms with van der Waals surface area (Å²) in [5.41, 5.74) is 3.56. The summed E-state index contributed by atoms with van der Waals surface area (Å²) in [6.45, 7) is 1.93. The summed E-state index contributed by atoms with van der Waals surface area (Å²) < 4.78 is 42.9. The van der Waals surface area contributed by atoms with Crippen molar-refractivity contribution >= 4 is 11.4 Å². The molecule has 7 heteroatoms. The second-order valence-corrected chi connectivity index (χ2v) is 4.96. The Labute approximate surface area is 137 Å². The van der Waals surface area contributed by atoms with E-state index in [9.17, 15) is 13.2 Å². The maximum Gasteiger partial charge on any atom is 0.416 e. The van der Waals surface area contributed by atoms with Crippen molar-refractivity contribution in [2.24, 2.45) is 5.10 Å². The Morgan fingerprint density at radius 2 is 1.75 bits per heavy atom. The third-order valence-corrected chi connectivity index (χ3v) is 3.02. The van der Waals surface area contributed by atoms with Gasteiger partial charge in [0.05, 0.1) is 28.6 Å². The van der Waals surface area contributed by atoms with E-state index in [0.29, 0.717) is 22.7 Å². The van der Waals surface area contributed by atoms with E-state index in [1.807, 2.05) is 6.07 Å². The summed E-state index contributed by atoms with van der Waals surface area (Å²) in [5, 5.41) is 12.7. The molecular weight excluding hydrogens is 319 g/mol. The van der Waals surface area contributed by atoms with E-state index < -0.39 is 11.7 Å². The second kappa shape index (κ2) is 7.51. The fourth-order valence-corrected chi connectivity index (χ4v) is 1.74. The van der Waals surface area contributed by atoms with E-state index in [2.05, 4.69) is 10.5 Å². The molecule has 0 aromatic heterocycles. The highest BCUT2D eigenvalue weighted by Gasteiger charge is 2.29. The molecule has 0 spiro atoms. The van der Waals surface area contributed by atoms with Gasteiger partial charge in [-0.3, -0.25) is 5.43 Å². The minimum absolute atomic E-state index is 0.208. The molecule has 0 amide bonds. The lowest BCUT2D eigenvalue weighted by Crippen LogP contribution is -2.10. The molecule has 0 bridgehead atoms. The third-order valence-electron chi connectivity index (χ3n) is 3.02. The Morgan fingerprint density at radius 1 is 1.12 bits per heavy atom. The summed E-state index contributed by atoms with van der Waals surface area (Å²) >= 11 is 0. The summed E-state index contributed by atoms with van der Waals surface area (Å²) in [7, 11) is 0. The van der Waals surface area contributed by atoms with Crippen LogP contribution in [0.1, 0.15) is 18.1 Å². The van der Waals surface area contributed by atoms with E-state index in [-0.39, 0.29) is 6.61 Å². The van der Waals surface area contributed by atoms with E-state index in [1.165, 1.54) is 12.1 Å². The topological polar surface area (TPSA) is 57.4 Å². The van der Waals surface area contributed by atoms with Crippen molar-refractivity contribution in [3.05, 3.63) is 59.7 Å². The smallest absolute Gasteiger partial charge is 0.416 e. The first-order valence-electron chi connectivity index (χ1n) is 6.98. The Kier molecular flexibility index (Phi) is 5.42. The highest BCUT2D eigenvalue weighted by molar-refractivity contribution is 5.84. The van der Waals surface area contributed by atoms with Crippen LogP contribution in [-0.2, 0) is 6.18 Å². The SMILES string of the molecule is C/C(COc1ccc(C#N)cc1)=N\Nc1ccc(C(F)(F)F)cc1. The van der Waals surface area contributed by atoms with Crippen LogP contribution in [0.2, 0.25) is 0 Å². The normalized spacial score (nSPS) is 11.7. The highest BCUT2D eigenvalue weighted by atomic mass is 19.4. The molecule has 2 rings (SSSR count). The van der Waals surface area contributed by atoms with Crippen LogP contribution in [0.4, 0.5) is 18.9 Å². The average molecular weight is 333 g/mol. The fraction of sp³-hybridized carbons (Fsp3) is 0.176. The predicted octanol–water partition coefficient (Wildman–Crippen LogP) is 4.44. The lowest BCUT2D eigenvalue weighted by Gasteiger charge is -2.08. The van der Waals surface area contributed by atoms with Gasteiger partial charge in [-0.25, -0.2) is 0 Å². The van der Waals surface area contributed by atoms with Crippen molar-refractivity contribution in [3.63, 3.8) is 0 Å². The zero-order valence-corrected chi connectivity index (χ0v) is 12.8. The Bertz CT molecular complexity index is 745. The Balaban J connectivity index is 1.88. The van der Waals surface area contributed by atoms with Crippen molar-refractivity contribution in [1.82, 2.24) is 0 Å². The molecule has 0 unspecified atom stereocenters. The monoisotopic (exact) mass is 333 g/mol. The lowest BCUT2D eigenvalue weighted by atomic mass is 10.2. The van der Waals surface area contributed by atoms with Crippen molar-refractivity contribution < 1.29 is 17.9 Å². The zero-order chi connectivity index (χ0) is 17.6. The van der Waals surface area contributed by atoms with Crippen LogP contribution in [0.5, 0.6) is 5.75 Å². The lowest BCUT2D eigenvalue weighted by molar-refractivity contribution is -0.137. The number of rotatable bonds is 5. The van der Waals surface area contributed by atoms with E-state index in [4.69, 9.17) is 10.00 Å². The van der Waals surface area contributed by atoms with Crippen molar-refractivity contribution in [3.8, 4) is 11.8 Å². The first-order chi connectivity index (χ1) is 11.4. The molecule has 1 N–H and O–H groups in total. The largest absolute Gasteiger partial charge is 0.488 e. The first kappa shape index (κ1) is 17.3. The fourth-order valence-electron chi connectivity index (χ4n) is 1.74. The number of nitrogens with zero attached hydrogens (tertiary/aromatic N) is 2. The molecule has 4 nitrogen and oxygen atoms in total. The van der Waals surface area contributed by atoms with Gasteiger partial charge in [-0.1, -0.05) is 0 Å². The van der Waals surface area contributed by atoms with Gasteiger partial charge in [0.25, 0.3) is 0 Å². The van der Waals surface area contributed by atoms with Crippen molar-refractivity contribution in [2.75, 3.05) is 12.0 Å². The van der Waals surface area contributed by atoms with Crippen LogP contribution in [-0.4, -0.2) is 12.3 Å². The maximum atomic E-state index is 12.5. The molecule has 0 aliphatic heterocycles. The van der Waals surface area contributed by atoms with Gasteiger partial charge < -0.3 is 4.74 Å². The van der Waals surface area contributed by atoms with Crippen LogP contribution in [0.15, 0.2) is 53.6 Å². The molecule has 0 aliphatic rings. The van der Waals surface area contributed by atoms with Crippen molar-refractivity contribution in [2.45, 2.75) is 13.1 Å². The number of hydrazone groups is 1. The van der Waals surface area contributed by atoms with Gasteiger partial charge in [0.2, 0.25) is 0 Å². The number of benzene rings is 2. The molecule has 2 aromatic carbocycles. The average Bonchev–Trinajstić information content (AvgIpc) is 2.58. The molecule has 24 heavy (non-hydrogen) atoms. The molecule has 0 heterocycles. The minimum Gasteiger partial charge on any atom is -0.488 e. The van der Waals surface area contributed by atoms with E-state index in [0.717, 1.165) is 12.1 Å². The molecule has 0 atom stereocenters. The number of halogens is 3. The maximum absolute atomic E-state index is 12.5. The summed E-state index contributed by atoms with van der Waals surface area (Å²) in [6, 6.07) is 13.2.